The van der Waals surface area contributed by atoms with Gasteiger partial charge >= 0.3 is 5.97 Å². The molecule has 3 aromatic rings. The van der Waals surface area contributed by atoms with E-state index < -0.39 is 11.6 Å². The lowest BCUT2D eigenvalue weighted by Crippen LogP contribution is -2.25. The third kappa shape index (κ3) is 5.00. The summed E-state index contributed by atoms with van der Waals surface area (Å²) in [6, 6.07) is 18.7. The van der Waals surface area contributed by atoms with Crippen molar-refractivity contribution in [3.8, 4) is 23.0 Å². The van der Waals surface area contributed by atoms with Crippen molar-refractivity contribution in [1.82, 2.24) is 0 Å². The maximum Gasteiger partial charge on any atom is 0.340 e. The summed E-state index contributed by atoms with van der Waals surface area (Å²) in [4.78, 5) is 25.5. The van der Waals surface area contributed by atoms with E-state index in [-0.39, 0.29) is 24.0 Å². The zero-order valence-electron chi connectivity index (χ0n) is 18.0. The Labute approximate surface area is 185 Å². The van der Waals surface area contributed by atoms with Gasteiger partial charge in [0.15, 0.2) is 11.5 Å². The molecule has 0 bridgehead atoms. The molecule has 1 aliphatic rings. The number of anilines is 1. The Morgan fingerprint density at radius 1 is 0.875 bits per heavy atom. The first kappa shape index (κ1) is 21.2. The van der Waals surface area contributed by atoms with Gasteiger partial charge in [0.2, 0.25) is 6.79 Å². The fourth-order valence-corrected chi connectivity index (χ4v) is 3.06. The molecule has 3 aromatic carbocycles. The topological polar surface area (TPSA) is 83.1 Å². The summed E-state index contributed by atoms with van der Waals surface area (Å²) in [5.74, 6) is 1.30. The van der Waals surface area contributed by atoms with Crippen molar-refractivity contribution >= 4 is 17.6 Å². The van der Waals surface area contributed by atoms with Gasteiger partial charge in [-0.25, -0.2) is 4.79 Å². The first-order chi connectivity index (χ1) is 15.3. The number of nitrogens with one attached hydrogen (secondary N) is 1. The molecule has 164 valence electrons. The molecule has 1 aliphatic heterocycles. The van der Waals surface area contributed by atoms with Gasteiger partial charge in [-0.05, 0) is 57.2 Å². The van der Waals surface area contributed by atoms with Crippen molar-refractivity contribution in [2.45, 2.75) is 26.4 Å². The SMILES string of the molecule is CC(C)(C)OC(=O)c1ccc(Oc2ccc3c(c2)OCO3)cc1NC(=O)c1ccccc1. The highest BCUT2D eigenvalue weighted by Crippen LogP contribution is 2.37. The highest BCUT2D eigenvalue weighted by Gasteiger charge is 2.22. The van der Waals surface area contributed by atoms with Gasteiger partial charge < -0.3 is 24.3 Å². The molecule has 0 spiro atoms. The Balaban J connectivity index is 1.63. The molecule has 0 aromatic heterocycles. The Bertz CT molecular complexity index is 1150. The smallest absolute Gasteiger partial charge is 0.340 e. The molecule has 7 heteroatoms. The van der Waals surface area contributed by atoms with Crippen molar-refractivity contribution in [1.29, 1.82) is 0 Å². The van der Waals surface area contributed by atoms with Crippen LogP contribution in [0.4, 0.5) is 5.69 Å². The number of carbonyl (C=O) groups is 2. The Morgan fingerprint density at radius 2 is 1.56 bits per heavy atom. The van der Waals surface area contributed by atoms with Crippen LogP contribution in [0.5, 0.6) is 23.0 Å². The minimum Gasteiger partial charge on any atom is -0.457 e. The van der Waals surface area contributed by atoms with Crippen LogP contribution in [0, 0.1) is 0 Å². The standard InChI is InChI=1S/C25H23NO6/c1-25(2,3)32-24(28)19-11-9-17(31-18-10-12-21-22(14-18)30-15-29-21)13-20(19)26-23(27)16-7-5-4-6-8-16/h4-14H,15H2,1-3H3,(H,26,27). The Morgan fingerprint density at radius 3 is 2.31 bits per heavy atom. The molecule has 0 atom stereocenters. The van der Waals surface area contributed by atoms with Crippen molar-refractivity contribution < 1.29 is 28.5 Å². The molecule has 32 heavy (non-hydrogen) atoms. The van der Waals surface area contributed by atoms with E-state index in [0.717, 1.165) is 0 Å². The molecule has 4 rings (SSSR count). The molecular formula is C25H23NO6. The fraction of sp³-hybridized carbons (Fsp3) is 0.200. The van der Waals surface area contributed by atoms with Crippen LogP contribution in [-0.2, 0) is 4.74 Å². The van der Waals surface area contributed by atoms with Crippen molar-refractivity contribution in [3.63, 3.8) is 0 Å². The molecule has 0 saturated carbocycles. The van der Waals surface area contributed by atoms with Crippen LogP contribution < -0.4 is 19.5 Å². The molecule has 7 nitrogen and oxygen atoms in total. The first-order valence-electron chi connectivity index (χ1n) is 10.1. The molecular weight excluding hydrogens is 410 g/mol. The average molecular weight is 433 g/mol. The van der Waals surface area contributed by atoms with E-state index in [1.54, 1.807) is 81.4 Å². The van der Waals surface area contributed by atoms with Crippen molar-refractivity contribution in [3.05, 3.63) is 77.9 Å². The monoisotopic (exact) mass is 433 g/mol. The second kappa shape index (κ2) is 8.63. The normalized spacial score (nSPS) is 12.2. The zero-order valence-corrected chi connectivity index (χ0v) is 18.0. The van der Waals surface area contributed by atoms with E-state index in [4.69, 9.17) is 18.9 Å². The van der Waals surface area contributed by atoms with Gasteiger partial charge in [-0.15, -0.1) is 0 Å². The van der Waals surface area contributed by atoms with Crippen LogP contribution in [0.3, 0.4) is 0 Å². The maximum atomic E-state index is 12.8. The lowest BCUT2D eigenvalue weighted by molar-refractivity contribution is 0.00707. The average Bonchev–Trinajstić information content (AvgIpc) is 3.21. The number of ether oxygens (including phenoxy) is 4. The van der Waals surface area contributed by atoms with Crippen molar-refractivity contribution in [2.24, 2.45) is 0 Å². The maximum absolute atomic E-state index is 12.8. The zero-order chi connectivity index (χ0) is 22.7. The van der Waals surface area contributed by atoms with E-state index >= 15 is 0 Å². The molecule has 1 amide bonds. The predicted molar refractivity (Wildman–Crippen MR) is 119 cm³/mol. The lowest BCUT2D eigenvalue weighted by atomic mass is 10.1. The molecule has 1 N–H and O–H groups in total. The molecule has 0 radical (unpaired) electrons. The number of fused-ring (bicyclic) bond motifs is 1. The van der Waals surface area contributed by atoms with Gasteiger partial charge in [0.1, 0.15) is 17.1 Å². The van der Waals surface area contributed by atoms with E-state index in [0.29, 0.717) is 28.6 Å². The minimum absolute atomic E-state index is 0.166. The second-order valence-corrected chi connectivity index (χ2v) is 8.15. The van der Waals surface area contributed by atoms with E-state index in [1.165, 1.54) is 0 Å². The van der Waals surface area contributed by atoms with Crippen LogP contribution in [0.25, 0.3) is 0 Å². The van der Waals surface area contributed by atoms with Crippen LogP contribution in [0.1, 0.15) is 41.5 Å². The van der Waals surface area contributed by atoms with E-state index in [1.807, 2.05) is 6.07 Å². The third-order valence-electron chi connectivity index (χ3n) is 4.47. The minimum atomic E-state index is -0.681. The number of esters is 1. The van der Waals surface area contributed by atoms with Crippen LogP contribution in [0.15, 0.2) is 66.7 Å². The summed E-state index contributed by atoms with van der Waals surface area (Å²) in [5.41, 5.74) is 0.290. The summed E-state index contributed by atoms with van der Waals surface area (Å²) in [5, 5.41) is 2.80. The third-order valence-corrected chi connectivity index (χ3v) is 4.47. The largest absolute Gasteiger partial charge is 0.457 e. The summed E-state index contributed by atoms with van der Waals surface area (Å²) < 4.78 is 22.1. The molecule has 0 saturated heterocycles. The van der Waals surface area contributed by atoms with E-state index in [9.17, 15) is 9.59 Å². The van der Waals surface area contributed by atoms with Crippen molar-refractivity contribution in [2.75, 3.05) is 12.1 Å². The van der Waals surface area contributed by atoms with Gasteiger partial charge in [0, 0.05) is 17.7 Å². The highest BCUT2D eigenvalue weighted by atomic mass is 16.7. The van der Waals surface area contributed by atoms with Gasteiger partial charge in [-0.3, -0.25) is 4.79 Å². The van der Waals surface area contributed by atoms with Crippen LogP contribution in [0.2, 0.25) is 0 Å². The second-order valence-electron chi connectivity index (χ2n) is 8.15. The summed E-state index contributed by atoms with van der Waals surface area (Å²) >= 11 is 0. The quantitative estimate of drug-likeness (QED) is 0.542. The van der Waals surface area contributed by atoms with Gasteiger partial charge in [-0.2, -0.15) is 0 Å². The van der Waals surface area contributed by atoms with Gasteiger partial charge in [0.05, 0.1) is 11.3 Å². The number of hydrogen-bond donors (Lipinski definition) is 1. The number of amides is 1. The number of benzene rings is 3. The number of hydrogen-bond acceptors (Lipinski definition) is 6. The predicted octanol–water partition coefficient (Wildman–Crippen LogP) is 5.42. The number of carbonyl (C=O) groups excluding carboxylic acids is 2. The van der Waals surface area contributed by atoms with E-state index in [2.05, 4.69) is 5.32 Å². The Hall–Kier alpha value is -4.00. The van der Waals surface area contributed by atoms with Crippen LogP contribution >= 0.6 is 0 Å². The Kier molecular flexibility index (Phi) is 5.73. The lowest BCUT2D eigenvalue weighted by Gasteiger charge is -2.21. The summed E-state index contributed by atoms with van der Waals surface area (Å²) in [7, 11) is 0. The summed E-state index contributed by atoms with van der Waals surface area (Å²) in [6.07, 6.45) is 0. The molecule has 1 heterocycles. The first-order valence-corrected chi connectivity index (χ1v) is 10.1. The highest BCUT2D eigenvalue weighted by molar-refractivity contribution is 6.08. The molecule has 0 aliphatic carbocycles. The summed E-state index contributed by atoms with van der Waals surface area (Å²) in [6.45, 7) is 5.51. The van der Waals surface area contributed by atoms with Crippen LogP contribution in [-0.4, -0.2) is 24.3 Å². The molecule has 0 fully saturated rings. The fourth-order valence-electron chi connectivity index (χ4n) is 3.06. The van der Waals surface area contributed by atoms with Gasteiger partial charge in [-0.1, -0.05) is 18.2 Å². The van der Waals surface area contributed by atoms with Gasteiger partial charge in [0.25, 0.3) is 5.91 Å². The molecule has 0 unspecified atom stereocenters. The number of rotatable bonds is 5.